The molecule has 0 spiro atoms. The Morgan fingerprint density at radius 3 is 2.19 bits per heavy atom. The van der Waals surface area contributed by atoms with Gasteiger partial charge in [0, 0.05) is 12.3 Å². The molecule has 3 atom stereocenters. The smallest absolute Gasteiger partial charge is 0.434 e. The zero-order chi connectivity index (χ0) is 40.4. The number of benzene rings is 3. The summed E-state index contributed by atoms with van der Waals surface area (Å²) in [6.45, 7) is 3.16. The summed E-state index contributed by atoms with van der Waals surface area (Å²) in [6.07, 6.45) is 0.176. The van der Waals surface area contributed by atoms with E-state index in [4.69, 9.17) is 18.9 Å². The number of ether oxygens (including phenoxy) is 4. The summed E-state index contributed by atoms with van der Waals surface area (Å²) in [5.41, 5.74) is 1.12. The lowest BCUT2D eigenvalue weighted by atomic mass is 9.80. The minimum Gasteiger partial charge on any atom is -0.497 e. The zero-order valence-electron chi connectivity index (χ0n) is 31.9. The summed E-state index contributed by atoms with van der Waals surface area (Å²) in [7, 11) is 4.67. The predicted molar refractivity (Wildman–Crippen MR) is 207 cm³/mol. The third-order valence-corrected chi connectivity index (χ3v) is 10.1. The molecule has 296 valence electrons. The van der Waals surface area contributed by atoms with Crippen LogP contribution in [0.1, 0.15) is 48.9 Å². The number of aromatic amines is 1. The lowest BCUT2D eigenvalue weighted by Crippen LogP contribution is -2.38. The SMILES string of the molecule is COc1ccc(C(OC[C@H]2O[C@@H](n3cnc4c(=O)[nH]c(N(Cc5cnc([N+](=O)[O-])n5C)C(=O)C(C)C)nc43)C[C@@H]2O)(c2ccccc2)c2ccc(OC)cc2)cc1. The molecular weight excluding hydrogens is 736 g/mol. The average Bonchev–Trinajstić information content (AvgIpc) is 3.93. The van der Waals surface area contributed by atoms with Crippen molar-refractivity contribution in [1.29, 1.82) is 0 Å². The molecule has 0 bridgehead atoms. The van der Waals surface area contributed by atoms with E-state index in [0.29, 0.717) is 17.2 Å². The Morgan fingerprint density at radius 1 is 1.02 bits per heavy atom. The number of imidazole rings is 2. The van der Waals surface area contributed by atoms with Crippen LogP contribution in [0.3, 0.4) is 0 Å². The first kappa shape index (κ1) is 38.8. The number of H-pyrrole nitrogens is 1. The fourth-order valence-corrected chi connectivity index (χ4v) is 7.05. The van der Waals surface area contributed by atoms with Crippen LogP contribution in [-0.2, 0) is 33.5 Å². The van der Waals surface area contributed by atoms with Gasteiger partial charge in [0.25, 0.3) is 5.56 Å². The number of amides is 1. The molecular formula is C40H42N8O9. The fourth-order valence-electron chi connectivity index (χ4n) is 7.05. The number of rotatable bonds is 14. The van der Waals surface area contributed by atoms with Crippen LogP contribution in [0.25, 0.3) is 11.2 Å². The molecule has 0 aliphatic carbocycles. The second-order valence-corrected chi connectivity index (χ2v) is 13.9. The molecule has 3 aromatic heterocycles. The van der Waals surface area contributed by atoms with Gasteiger partial charge in [-0.3, -0.25) is 24.0 Å². The van der Waals surface area contributed by atoms with Gasteiger partial charge < -0.3 is 34.2 Å². The maximum Gasteiger partial charge on any atom is 0.434 e. The first-order valence-corrected chi connectivity index (χ1v) is 18.2. The molecule has 57 heavy (non-hydrogen) atoms. The molecule has 0 saturated carbocycles. The highest BCUT2D eigenvalue weighted by Gasteiger charge is 2.42. The number of aromatic nitrogens is 6. The quantitative estimate of drug-likeness (QED) is 0.0884. The van der Waals surface area contributed by atoms with Gasteiger partial charge in [0.05, 0.1) is 46.9 Å². The largest absolute Gasteiger partial charge is 0.497 e. The van der Waals surface area contributed by atoms with E-state index in [9.17, 15) is 24.8 Å². The number of nitrogens with zero attached hydrogens (tertiary/aromatic N) is 7. The van der Waals surface area contributed by atoms with Crippen molar-refractivity contribution in [3.05, 3.63) is 134 Å². The Hall–Kier alpha value is -6.43. The predicted octanol–water partition coefficient (Wildman–Crippen LogP) is 4.62. The van der Waals surface area contributed by atoms with E-state index >= 15 is 0 Å². The van der Waals surface area contributed by atoms with Crippen LogP contribution in [0.15, 0.2) is 96.2 Å². The van der Waals surface area contributed by atoms with E-state index in [-0.39, 0.29) is 36.7 Å². The van der Waals surface area contributed by atoms with Gasteiger partial charge in [-0.25, -0.2) is 9.55 Å². The molecule has 6 aromatic rings. The van der Waals surface area contributed by atoms with Crippen LogP contribution in [0, 0.1) is 16.0 Å². The molecule has 1 aliphatic rings. The standard InChI is InChI=1S/C40H42N8O9/c1-24(2)37(51)46(21-28-20-41-39(45(28)3)48(52)53)38-43-35-34(36(50)44-38)42-23-47(35)33-19-31(49)32(57-33)22-56-40(25-9-7-6-8-10-25,26-11-15-29(54-4)16-12-26)27-13-17-30(55-5)18-14-27/h6-18,20,23-24,31-33,49H,19,21-22H2,1-5H3,(H,43,44,50)/t31-,32+,33+/m0/s1. The van der Waals surface area contributed by atoms with Crippen molar-refractivity contribution in [3.8, 4) is 11.5 Å². The Bertz CT molecular complexity index is 2380. The molecule has 17 heteroatoms. The van der Waals surface area contributed by atoms with Crippen LogP contribution >= 0.6 is 0 Å². The van der Waals surface area contributed by atoms with Crippen molar-refractivity contribution in [2.75, 3.05) is 25.7 Å². The maximum absolute atomic E-state index is 13.5. The number of carbonyl (C=O) groups is 1. The number of nitro groups is 1. The van der Waals surface area contributed by atoms with E-state index < -0.39 is 52.3 Å². The number of hydrogen-bond acceptors (Lipinski definition) is 12. The summed E-state index contributed by atoms with van der Waals surface area (Å²) in [5, 5.41) is 22.9. The van der Waals surface area contributed by atoms with E-state index in [1.165, 1.54) is 29.0 Å². The molecule has 4 heterocycles. The van der Waals surface area contributed by atoms with Gasteiger partial charge in [0.1, 0.15) is 41.3 Å². The van der Waals surface area contributed by atoms with Crippen molar-refractivity contribution < 1.29 is 33.8 Å². The summed E-state index contributed by atoms with van der Waals surface area (Å²) in [6, 6.07) is 24.9. The Balaban J connectivity index is 1.22. The number of hydrogen-bond donors (Lipinski definition) is 2. The molecule has 1 fully saturated rings. The van der Waals surface area contributed by atoms with Gasteiger partial charge in [0.15, 0.2) is 11.2 Å². The van der Waals surface area contributed by atoms with Crippen molar-refractivity contribution >= 4 is 29.0 Å². The van der Waals surface area contributed by atoms with Gasteiger partial charge in [-0.2, -0.15) is 4.98 Å². The van der Waals surface area contributed by atoms with Crippen LogP contribution in [-0.4, -0.2) is 78.0 Å². The van der Waals surface area contributed by atoms with Crippen LogP contribution in [0.4, 0.5) is 11.9 Å². The van der Waals surface area contributed by atoms with E-state index in [2.05, 4.69) is 19.9 Å². The number of anilines is 1. The highest BCUT2D eigenvalue weighted by molar-refractivity contribution is 5.93. The van der Waals surface area contributed by atoms with Gasteiger partial charge in [-0.05, 0) is 45.9 Å². The van der Waals surface area contributed by atoms with Crippen molar-refractivity contribution in [2.45, 2.75) is 50.8 Å². The van der Waals surface area contributed by atoms with E-state index in [1.54, 1.807) is 32.6 Å². The minimum atomic E-state index is -1.16. The normalized spacial score (nSPS) is 16.9. The van der Waals surface area contributed by atoms with Gasteiger partial charge in [0.2, 0.25) is 11.9 Å². The molecule has 0 radical (unpaired) electrons. The molecule has 1 aliphatic heterocycles. The zero-order valence-corrected chi connectivity index (χ0v) is 31.9. The monoisotopic (exact) mass is 778 g/mol. The molecule has 3 aromatic carbocycles. The number of aliphatic hydroxyl groups is 1. The van der Waals surface area contributed by atoms with Gasteiger partial charge in [-0.1, -0.05) is 73.4 Å². The second kappa shape index (κ2) is 16.0. The highest BCUT2D eigenvalue weighted by Crippen LogP contribution is 2.43. The van der Waals surface area contributed by atoms with Crippen LogP contribution < -0.4 is 19.9 Å². The molecule has 2 N–H and O–H groups in total. The number of aliphatic hydroxyl groups excluding tert-OH is 1. The molecule has 7 rings (SSSR count). The van der Waals surface area contributed by atoms with Crippen molar-refractivity contribution in [1.82, 2.24) is 29.1 Å². The summed E-state index contributed by atoms with van der Waals surface area (Å²) in [4.78, 5) is 54.5. The van der Waals surface area contributed by atoms with E-state index in [1.807, 2.05) is 78.9 Å². The molecule has 1 saturated heterocycles. The van der Waals surface area contributed by atoms with Gasteiger partial charge in [-0.15, -0.1) is 0 Å². The minimum absolute atomic E-state index is 0.00763. The topological polar surface area (TPSA) is 202 Å². The Kier molecular flexibility index (Phi) is 10.9. The van der Waals surface area contributed by atoms with Crippen LogP contribution in [0.5, 0.6) is 11.5 Å². The van der Waals surface area contributed by atoms with Crippen molar-refractivity contribution in [2.24, 2.45) is 13.0 Å². The Morgan fingerprint density at radius 2 is 1.63 bits per heavy atom. The lowest BCUT2D eigenvalue weighted by Gasteiger charge is -2.37. The summed E-state index contributed by atoms with van der Waals surface area (Å²) < 4.78 is 27.2. The number of nitrogens with one attached hydrogen (secondary N) is 1. The molecule has 0 unspecified atom stereocenters. The number of methoxy groups -OCH3 is 2. The fraction of sp³-hybridized carbons (Fsp3) is 0.325. The molecule has 1 amide bonds. The third-order valence-electron chi connectivity index (χ3n) is 10.1. The average molecular weight is 779 g/mol. The lowest BCUT2D eigenvalue weighted by molar-refractivity contribution is -0.396. The van der Waals surface area contributed by atoms with Crippen molar-refractivity contribution in [3.63, 3.8) is 0 Å². The first-order chi connectivity index (χ1) is 27.4. The maximum atomic E-state index is 13.5. The Labute approximate surface area is 326 Å². The van der Waals surface area contributed by atoms with Crippen LogP contribution in [0.2, 0.25) is 0 Å². The third kappa shape index (κ3) is 7.35. The second-order valence-electron chi connectivity index (χ2n) is 13.9. The first-order valence-electron chi connectivity index (χ1n) is 18.2. The number of fused-ring (bicyclic) bond motifs is 1. The molecule has 17 nitrogen and oxygen atoms in total. The summed E-state index contributed by atoms with van der Waals surface area (Å²) >= 11 is 0. The highest BCUT2D eigenvalue weighted by atomic mass is 16.6. The number of carbonyl (C=O) groups excluding carboxylic acids is 1. The summed E-state index contributed by atoms with van der Waals surface area (Å²) in [5.74, 6) is -0.0645. The van der Waals surface area contributed by atoms with E-state index in [0.717, 1.165) is 16.7 Å². The van der Waals surface area contributed by atoms with Gasteiger partial charge >= 0.3 is 5.95 Å².